The van der Waals surface area contributed by atoms with E-state index in [1.165, 1.54) is 31.6 Å². The summed E-state index contributed by atoms with van der Waals surface area (Å²) in [5.74, 6) is 0.673. The van der Waals surface area contributed by atoms with Gasteiger partial charge in [0.05, 0.1) is 0 Å². The number of hydrogen-bond donors (Lipinski definition) is 0. The van der Waals surface area contributed by atoms with Crippen molar-refractivity contribution in [3.63, 3.8) is 0 Å². The van der Waals surface area contributed by atoms with Crippen molar-refractivity contribution >= 4 is 11.6 Å². The monoisotopic (exact) mass is 210 g/mol. The number of halogens is 1. The fourth-order valence-corrected chi connectivity index (χ4v) is 2.02. The number of pyridine rings is 1. The van der Waals surface area contributed by atoms with Gasteiger partial charge in [-0.1, -0.05) is 24.6 Å². The Kier molecular flexibility index (Phi) is 3.04. The molecule has 0 saturated carbocycles. The lowest BCUT2D eigenvalue weighted by Crippen LogP contribution is -2.45. The first-order valence-corrected chi connectivity index (χ1v) is 5.51. The van der Waals surface area contributed by atoms with Crippen LogP contribution in [0.4, 0.5) is 0 Å². The molecule has 1 fully saturated rings. The van der Waals surface area contributed by atoms with Crippen molar-refractivity contribution in [3.8, 4) is 0 Å². The van der Waals surface area contributed by atoms with Gasteiger partial charge in [-0.05, 0) is 24.6 Å². The zero-order chi connectivity index (χ0) is 9.97. The zero-order valence-corrected chi connectivity index (χ0v) is 9.17. The van der Waals surface area contributed by atoms with Crippen molar-refractivity contribution in [2.24, 2.45) is 0 Å². The third-order valence-corrected chi connectivity index (χ3v) is 2.94. The molecule has 3 heteroatoms. The Morgan fingerprint density at radius 2 is 2.29 bits per heavy atom. The van der Waals surface area contributed by atoms with Gasteiger partial charge < -0.3 is 4.90 Å². The van der Waals surface area contributed by atoms with Crippen LogP contribution >= 0.6 is 11.6 Å². The van der Waals surface area contributed by atoms with Crippen molar-refractivity contribution in [1.82, 2.24) is 9.88 Å². The predicted octanol–water partition coefficient (Wildman–Crippen LogP) is 2.54. The van der Waals surface area contributed by atoms with Gasteiger partial charge in [0.15, 0.2) is 0 Å². The highest BCUT2D eigenvalue weighted by Gasteiger charge is 2.26. The number of nitrogens with zero attached hydrogens (tertiary/aromatic N) is 2. The molecule has 0 aliphatic carbocycles. The van der Waals surface area contributed by atoms with Crippen molar-refractivity contribution < 1.29 is 0 Å². The van der Waals surface area contributed by atoms with Gasteiger partial charge in [0.2, 0.25) is 0 Å². The molecule has 1 aromatic rings. The van der Waals surface area contributed by atoms with Crippen molar-refractivity contribution in [2.75, 3.05) is 19.6 Å². The van der Waals surface area contributed by atoms with E-state index in [0.717, 1.165) is 0 Å². The van der Waals surface area contributed by atoms with E-state index in [9.17, 15) is 0 Å². The third-order valence-electron chi connectivity index (χ3n) is 2.72. The van der Waals surface area contributed by atoms with Crippen LogP contribution in [0.15, 0.2) is 18.3 Å². The van der Waals surface area contributed by atoms with Crippen molar-refractivity contribution in [3.05, 3.63) is 29.0 Å². The van der Waals surface area contributed by atoms with Crippen LogP contribution in [0.2, 0.25) is 5.15 Å². The van der Waals surface area contributed by atoms with E-state index >= 15 is 0 Å². The molecule has 0 N–H and O–H groups in total. The Morgan fingerprint density at radius 3 is 2.86 bits per heavy atom. The van der Waals surface area contributed by atoms with Gasteiger partial charge in [-0.2, -0.15) is 0 Å². The lowest BCUT2D eigenvalue weighted by molar-refractivity contribution is 0.148. The van der Waals surface area contributed by atoms with Gasteiger partial charge in [0.25, 0.3) is 0 Å². The molecular weight excluding hydrogens is 196 g/mol. The van der Waals surface area contributed by atoms with Gasteiger partial charge in [0, 0.05) is 25.2 Å². The topological polar surface area (TPSA) is 16.1 Å². The number of aromatic nitrogens is 1. The molecule has 0 spiro atoms. The molecule has 2 heterocycles. The minimum atomic E-state index is 0.582. The zero-order valence-electron chi connectivity index (χ0n) is 8.41. The number of rotatable bonds is 3. The molecule has 0 radical (unpaired) electrons. The van der Waals surface area contributed by atoms with Gasteiger partial charge in [0.1, 0.15) is 5.15 Å². The SMILES string of the molecule is CCCN1CC(c2ccc(Cl)nc2)C1. The minimum absolute atomic E-state index is 0.582. The van der Waals surface area contributed by atoms with Crippen LogP contribution in [0.1, 0.15) is 24.8 Å². The van der Waals surface area contributed by atoms with E-state index in [0.29, 0.717) is 11.1 Å². The van der Waals surface area contributed by atoms with E-state index in [2.05, 4.69) is 22.9 Å². The lowest BCUT2D eigenvalue weighted by atomic mass is 9.93. The molecule has 2 nitrogen and oxygen atoms in total. The summed E-state index contributed by atoms with van der Waals surface area (Å²) in [5.41, 5.74) is 1.32. The maximum absolute atomic E-state index is 5.73. The van der Waals surface area contributed by atoms with Crippen LogP contribution in [0, 0.1) is 0 Å². The van der Waals surface area contributed by atoms with E-state index in [4.69, 9.17) is 11.6 Å². The second-order valence-corrected chi connectivity index (χ2v) is 4.26. The second-order valence-electron chi connectivity index (χ2n) is 3.87. The summed E-state index contributed by atoms with van der Waals surface area (Å²) in [6.07, 6.45) is 3.14. The van der Waals surface area contributed by atoms with E-state index in [1.54, 1.807) is 0 Å². The average molecular weight is 211 g/mol. The summed E-state index contributed by atoms with van der Waals surface area (Å²) in [6.45, 7) is 5.79. The fourth-order valence-electron chi connectivity index (χ4n) is 1.91. The van der Waals surface area contributed by atoms with Crippen LogP contribution in [0.25, 0.3) is 0 Å². The van der Waals surface area contributed by atoms with Crippen LogP contribution in [-0.2, 0) is 0 Å². The first-order chi connectivity index (χ1) is 6.79. The van der Waals surface area contributed by atoms with Gasteiger partial charge in [-0.15, -0.1) is 0 Å². The summed E-state index contributed by atoms with van der Waals surface area (Å²) in [5, 5.41) is 0.582. The molecule has 0 atom stereocenters. The maximum Gasteiger partial charge on any atom is 0.129 e. The maximum atomic E-state index is 5.73. The summed E-state index contributed by atoms with van der Waals surface area (Å²) in [6, 6.07) is 3.96. The molecule has 0 bridgehead atoms. The molecule has 76 valence electrons. The molecular formula is C11H15ClN2. The quantitative estimate of drug-likeness (QED) is 0.713. The van der Waals surface area contributed by atoms with Crippen LogP contribution in [-0.4, -0.2) is 29.5 Å². The standard InChI is InChI=1S/C11H15ClN2/c1-2-5-14-7-10(8-14)9-3-4-11(12)13-6-9/h3-4,6,10H,2,5,7-8H2,1H3. The Hall–Kier alpha value is -0.600. The van der Waals surface area contributed by atoms with Crippen LogP contribution < -0.4 is 0 Å². The lowest BCUT2D eigenvalue weighted by Gasteiger charge is -2.39. The summed E-state index contributed by atoms with van der Waals surface area (Å²) in [4.78, 5) is 6.57. The van der Waals surface area contributed by atoms with Gasteiger partial charge in [-0.25, -0.2) is 4.98 Å². The molecule has 1 saturated heterocycles. The van der Waals surface area contributed by atoms with Crippen LogP contribution in [0.5, 0.6) is 0 Å². The van der Waals surface area contributed by atoms with Gasteiger partial charge in [-0.3, -0.25) is 0 Å². The predicted molar refractivity (Wildman–Crippen MR) is 58.7 cm³/mol. The summed E-state index contributed by atoms with van der Waals surface area (Å²) >= 11 is 5.73. The Morgan fingerprint density at radius 1 is 1.50 bits per heavy atom. The minimum Gasteiger partial charge on any atom is -0.302 e. The largest absolute Gasteiger partial charge is 0.302 e. The highest BCUT2D eigenvalue weighted by atomic mass is 35.5. The molecule has 0 unspecified atom stereocenters. The van der Waals surface area contributed by atoms with Crippen molar-refractivity contribution in [1.29, 1.82) is 0 Å². The highest BCUT2D eigenvalue weighted by Crippen LogP contribution is 2.26. The molecule has 1 aromatic heterocycles. The second kappa shape index (κ2) is 4.28. The first-order valence-electron chi connectivity index (χ1n) is 5.13. The smallest absolute Gasteiger partial charge is 0.129 e. The van der Waals surface area contributed by atoms with E-state index in [-0.39, 0.29) is 0 Å². The van der Waals surface area contributed by atoms with Crippen LogP contribution in [0.3, 0.4) is 0 Å². The molecule has 0 aromatic carbocycles. The van der Waals surface area contributed by atoms with E-state index in [1.807, 2.05) is 12.3 Å². The summed E-state index contributed by atoms with van der Waals surface area (Å²) in [7, 11) is 0. The third kappa shape index (κ3) is 2.07. The molecule has 1 aliphatic heterocycles. The summed E-state index contributed by atoms with van der Waals surface area (Å²) < 4.78 is 0. The molecule has 14 heavy (non-hydrogen) atoms. The Labute approximate surface area is 89.9 Å². The first kappa shape index (κ1) is 9.94. The Balaban J connectivity index is 1.90. The fraction of sp³-hybridized carbons (Fsp3) is 0.545. The van der Waals surface area contributed by atoms with E-state index < -0.39 is 0 Å². The molecule has 2 rings (SSSR count). The van der Waals surface area contributed by atoms with Crippen molar-refractivity contribution in [2.45, 2.75) is 19.3 Å². The number of likely N-dealkylation sites (tertiary alicyclic amines) is 1. The molecule has 0 amide bonds. The number of hydrogen-bond acceptors (Lipinski definition) is 2. The Bertz CT molecular complexity index is 291. The normalized spacial score (nSPS) is 18.1. The average Bonchev–Trinajstić information content (AvgIpc) is 2.13. The molecule has 1 aliphatic rings. The highest BCUT2D eigenvalue weighted by molar-refractivity contribution is 6.29. The van der Waals surface area contributed by atoms with Gasteiger partial charge >= 0.3 is 0 Å².